The topological polar surface area (TPSA) is 45.5 Å². The first kappa shape index (κ1) is 18.2. The van der Waals surface area contributed by atoms with E-state index in [4.69, 9.17) is 0 Å². The second-order valence-electron chi connectivity index (χ2n) is 6.89. The van der Waals surface area contributed by atoms with Crippen molar-refractivity contribution >= 4 is 17.7 Å². The average Bonchev–Trinajstić information content (AvgIpc) is 2.94. The van der Waals surface area contributed by atoms with Gasteiger partial charge in [0.25, 0.3) is 0 Å². The molecule has 1 aliphatic rings. The molecule has 0 bridgehead atoms. The van der Waals surface area contributed by atoms with E-state index >= 15 is 0 Å². The number of aromatic nitrogens is 2. The smallest absolute Gasteiger partial charge is 0.194 e. The van der Waals surface area contributed by atoms with Crippen LogP contribution in [0.1, 0.15) is 33.5 Å². The molecule has 1 fully saturated rings. The van der Waals surface area contributed by atoms with Gasteiger partial charge in [0.1, 0.15) is 5.82 Å². The largest absolute Gasteiger partial charge is 0.349 e. The molecule has 0 aromatic carbocycles. The molecule has 1 N–H and O–H groups in total. The highest BCUT2D eigenvalue weighted by Crippen LogP contribution is 2.24. The second-order valence-corrected chi connectivity index (χ2v) is 8.24. The van der Waals surface area contributed by atoms with Crippen LogP contribution in [0.3, 0.4) is 0 Å². The van der Waals surface area contributed by atoms with Crippen LogP contribution < -0.4 is 5.32 Å². The van der Waals surface area contributed by atoms with Gasteiger partial charge in [-0.25, -0.2) is 4.98 Å². The molecule has 0 aliphatic carbocycles. The van der Waals surface area contributed by atoms with Gasteiger partial charge in [-0.1, -0.05) is 27.7 Å². The second kappa shape index (κ2) is 8.62. The van der Waals surface area contributed by atoms with E-state index in [9.17, 15) is 0 Å². The van der Waals surface area contributed by atoms with Crippen LogP contribution in [-0.2, 0) is 13.1 Å². The summed E-state index contributed by atoms with van der Waals surface area (Å²) in [7, 11) is 1.87. The molecule has 23 heavy (non-hydrogen) atoms. The highest BCUT2D eigenvalue weighted by molar-refractivity contribution is 8.00. The number of rotatable bonds is 5. The van der Waals surface area contributed by atoms with E-state index in [-0.39, 0.29) is 0 Å². The van der Waals surface area contributed by atoms with Crippen LogP contribution in [0.15, 0.2) is 17.4 Å². The van der Waals surface area contributed by atoms with Crippen LogP contribution in [0.2, 0.25) is 0 Å². The van der Waals surface area contributed by atoms with Crippen molar-refractivity contribution < 1.29 is 0 Å². The fourth-order valence-corrected chi connectivity index (χ4v) is 4.13. The van der Waals surface area contributed by atoms with Crippen molar-refractivity contribution in [1.82, 2.24) is 19.8 Å². The van der Waals surface area contributed by atoms with Crippen molar-refractivity contribution in [2.75, 3.05) is 25.9 Å². The molecular weight excluding hydrogens is 306 g/mol. The maximum atomic E-state index is 4.49. The molecule has 0 saturated carbocycles. The maximum absolute atomic E-state index is 4.49. The van der Waals surface area contributed by atoms with Gasteiger partial charge in [-0.3, -0.25) is 4.99 Å². The van der Waals surface area contributed by atoms with Crippen molar-refractivity contribution in [3.63, 3.8) is 0 Å². The molecule has 5 nitrogen and oxygen atoms in total. The van der Waals surface area contributed by atoms with Gasteiger partial charge >= 0.3 is 0 Å². The Bertz CT molecular complexity index is 509. The standard InChI is InChI=1S/C17H31N5S/c1-13(2)11-21-7-6-19-16(21)10-20-17(18-5)22-8-9-23-15(12-22)14(3)4/h6-7,13-15H,8-12H2,1-5H3,(H,18,20). The normalized spacial score (nSPS) is 19.7. The Labute approximate surface area is 145 Å². The summed E-state index contributed by atoms with van der Waals surface area (Å²) in [5.74, 6) is 4.56. The van der Waals surface area contributed by atoms with Crippen molar-refractivity contribution in [1.29, 1.82) is 0 Å². The number of imidazole rings is 1. The van der Waals surface area contributed by atoms with Crippen LogP contribution in [0, 0.1) is 11.8 Å². The van der Waals surface area contributed by atoms with E-state index in [0.29, 0.717) is 17.1 Å². The van der Waals surface area contributed by atoms with Crippen LogP contribution >= 0.6 is 11.8 Å². The molecule has 2 rings (SSSR count). The summed E-state index contributed by atoms with van der Waals surface area (Å²) < 4.78 is 2.23. The van der Waals surface area contributed by atoms with E-state index in [1.54, 1.807) is 0 Å². The minimum atomic E-state index is 0.619. The fraction of sp³-hybridized carbons (Fsp3) is 0.765. The van der Waals surface area contributed by atoms with Gasteiger partial charge in [0.15, 0.2) is 5.96 Å². The van der Waals surface area contributed by atoms with Crippen molar-refractivity contribution in [3.8, 4) is 0 Å². The lowest BCUT2D eigenvalue weighted by Crippen LogP contribution is -2.49. The molecule has 1 aromatic rings. The average molecular weight is 338 g/mol. The van der Waals surface area contributed by atoms with Gasteiger partial charge < -0.3 is 14.8 Å². The van der Waals surface area contributed by atoms with E-state index in [1.807, 2.05) is 13.2 Å². The fourth-order valence-electron chi connectivity index (χ4n) is 2.83. The Kier molecular flexibility index (Phi) is 6.81. The molecule has 1 atom stereocenters. The maximum Gasteiger partial charge on any atom is 0.194 e. The molecule has 1 aliphatic heterocycles. The number of nitrogens with one attached hydrogen (secondary N) is 1. The molecule has 0 spiro atoms. The van der Waals surface area contributed by atoms with E-state index in [1.165, 1.54) is 5.75 Å². The third-order valence-electron chi connectivity index (χ3n) is 4.12. The first-order valence-electron chi connectivity index (χ1n) is 8.58. The Morgan fingerprint density at radius 2 is 2.22 bits per heavy atom. The molecule has 6 heteroatoms. The predicted octanol–water partition coefficient (Wildman–Crippen LogP) is 2.69. The van der Waals surface area contributed by atoms with E-state index in [2.05, 4.69) is 70.4 Å². The summed E-state index contributed by atoms with van der Waals surface area (Å²) in [6.07, 6.45) is 3.95. The summed E-state index contributed by atoms with van der Waals surface area (Å²) >= 11 is 2.09. The number of aliphatic imine (C=N–C) groups is 1. The SMILES string of the molecule is CN=C(NCc1nccn1CC(C)C)N1CCSC(C(C)C)C1. The van der Waals surface area contributed by atoms with Crippen molar-refractivity contribution in [3.05, 3.63) is 18.2 Å². The van der Waals surface area contributed by atoms with Crippen LogP contribution in [0.5, 0.6) is 0 Å². The Balaban J connectivity index is 1.94. The van der Waals surface area contributed by atoms with Gasteiger partial charge in [0, 0.05) is 50.1 Å². The predicted molar refractivity (Wildman–Crippen MR) is 99.9 cm³/mol. The third kappa shape index (κ3) is 5.16. The Hall–Kier alpha value is -1.17. The summed E-state index contributed by atoms with van der Waals surface area (Å²) in [6, 6.07) is 0. The van der Waals surface area contributed by atoms with Crippen LogP contribution in [-0.4, -0.2) is 51.6 Å². The van der Waals surface area contributed by atoms with Crippen molar-refractivity contribution in [2.24, 2.45) is 16.8 Å². The highest BCUT2D eigenvalue weighted by Gasteiger charge is 2.24. The van der Waals surface area contributed by atoms with Gasteiger partial charge in [0.2, 0.25) is 0 Å². The lowest BCUT2D eigenvalue weighted by molar-refractivity contribution is 0.379. The molecular formula is C17H31N5S. The lowest BCUT2D eigenvalue weighted by Gasteiger charge is -2.36. The molecule has 0 radical (unpaired) electrons. The Morgan fingerprint density at radius 1 is 1.43 bits per heavy atom. The van der Waals surface area contributed by atoms with Gasteiger partial charge in [-0.05, 0) is 11.8 Å². The molecule has 1 aromatic heterocycles. The summed E-state index contributed by atoms with van der Waals surface area (Å²) in [5.41, 5.74) is 0. The van der Waals surface area contributed by atoms with E-state index in [0.717, 1.165) is 38.0 Å². The minimum absolute atomic E-state index is 0.619. The monoisotopic (exact) mass is 337 g/mol. The van der Waals surface area contributed by atoms with Gasteiger partial charge in [0.05, 0.1) is 6.54 Å². The molecule has 2 heterocycles. The molecule has 1 unspecified atom stereocenters. The molecule has 130 valence electrons. The van der Waals surface area contributed by atoms with E-state index < -0.39 is 0 Å². The zero-order valence-electron chi connectivity index (χ0n) is 15.1. The Morgan fingerprint density at radius 3 is 2.87 bits per heavy atom. The first-order chi connectivity index (χ1) is 11.0. The summed E-state index contributed by atoms with van der Waals surface area (Å²) in [5, 5.41) is 4.18. The van der Waals surface area contributed by atoms with Crippen molar-refractivity contribution in [2.45, 2.75) is 46.0 Å². The first-order valence-corrected chi connectivity index (χ1v) is 9.63. The third-order valence-corrected chi connectivity index (χ3v) is 5.66. The zero-order chi connectivity index (χ0) is 16.8. The number of hydrogen-bond acceptors (Lipinski definition) is 3. The summed E-state index contributed by atoms with van der Waals surface area (Å²) in [6.45, 7) is 12.9. The van der Waals surface area contributed by atoms with Gasteiger partial charge in [-0.2, -0.15) is 11.8 Å². The highest BCUT2D eigenvalue weighted by atomic mass is 32.2. The van der Waals surface area contributed by atoms with Gasteiger partial charge in [-0.15, -0.1) is 0 Å². The molecule has 0 amide bonds. The number of thioether (sulfide) groups is 1. The summed E-state index contributed by atoms with van der Waals surface area (Å²) in [4.78, 5) is 11.4. The number of guanidine groups is 1. The van der Waals surface area contributed by atoms with Crippen LogP contribution in [0.25, 0.3) is 0 Å². The molecule has 1 saturated heterocycles. The van der Waals surface area contributed by atoms with Crippen LogP contribution in [0.4, 0.5) is 0 Å². The zero-order valence-corrected chi connectivity index (χ0v) is 15.9. The minimum Gasteiger partial charge on any atom is -0.349 e. The lowest BCUT2D eigenvalue weighted by atomic mass is 10.1. The quantitative estimate of drug-likeness (QED) is 0.663. The number of hydrogen-bond donors (Lipinski definition) is 1. The number of nitrogens with zero attached hydrogens (tertiary/aromatic N) is 4.